The van der Waals surface area contributed by atoms with Gasteiger partial charge in [0.05, 0.1) is 11.4 Å². The van der Waals surface area contributed by atoms with E-state index in [1.807, 2.05) is 0 Å². The van der Waals surface area contributed by atoms with Gasteiger partial charge in [0.2, 0.25) is 5.91 Å². The van der Waals surface area contributed by atoms with Crippen LogP contribution in [-0.4, -0.2) is 25.8 Å². The van der Waals surface area contributed by atoms with E-state index in [0.717, 1.165) is 68.8 Å². The summed E-state index contributed by atoms with van der Waals surface area (Å²) in [5, 5.41) is 0. The number of primary amides is 1. The lowest BCUT2D eigenvalue weighted by Crippen LogP contribution is -2.13. The van der Waals surface area contributed by atoms with Crippen LogP contribution in [0.4, 0.5) is 0 Å². The first-order valence-electron chi connectivity index (χ1n) is 13.8. The topological polar surface area (TPSA) is 100 Å². The highest BCUT2D eigenvalue weighted by Crippen LogP contribution is 2.42. The summed E-state index contributed by atoms with van der Waals surface area (Å²) in [4.78, 5) is 29.4. The highest BCUT2D eigenvalue weighted by atomic mass is 16.1. The predicted molar refractivity (Wildman–Crippen MR) is 157 cm³/mol. The van der Waals surface area contributed by atoms with Crippen LogP contribution in [-0.2, 0) is 17.6 Å². The number of carbonyl (C=O) groups excluding carboxylic acids is 1. The van der Waals surface area contributed by atoms with Gasteiger partial charge in [-0.3, -0.25) is 9.78 Å². The van der Waals surface area contributed by atoms with Crippen LogP contribution in [0.2, 0.25) is 0 Å². The van der Waals surface area contributed by atoms with Crippen LogP contribution in [0.15, 0.2) is 18.2 Å². The quantitative estimate of drug-likeness (QED) is 0.343. The molecule has 6 nitrogen and oxygen atoms in total. The zero-order chi connectivity index (χ0) is 27.3. The van der Waals surface area contributed by atoms with Crippen molar-refractivity contribution in [2.45, 2.75) is 86.0 Å². The Morgan fingerprint density at radius 3 is 2.08 bits per heavy atom. The van der Waals surface area contributed by atoms with Gasteiger partial charge in [0.15, 0.2) is 0 Å². The third kappa shape index (κ3) is 4.36. The maximum atomic E-state index is 11.7. The lowest BCUT2D eigenvalue weighted by atomic mass is 9.85. The van der Waals surface area contributed by atoms with E-state index in [1.165, 1.54) is 22.3 Å². The zero-order valence-electron chi connectivity index (χ0n) is 23.7. The number of allylic oxidation sites excluding steroid dienone is 1. The van der Waals surface area contributed by atoms with Crippen molar-refractivity contribution in [3.8, 4) is 0 Å². The second-order valence-corrected chi connectivity index (χ2v) is 10.9. The standard InChI is InChI=1S/C32H39N5O/c1-8-21-18(5)27-15-30-22(9-2)17(4)26(35-30)14-28-19(6)23(10-11-31(33)38)32(37-28)20(7)25-12-16(3)24(34-25)13-29(21)36-27/h12-15,19,23,35-36H,8-11H2,1-7H3,(H2,33,38)/t19?,23-/m0/s1. The number of nitrogens with two attached hydrogens (primary N) is 1. The summed E-state index contributed by atoms with van der Waals surface area (Å²) < 4.78 is 0. The van der Waals surface area contributed by atoms with Crippen molar-refractivity contribution in [2.24, 2.45) is 5.73 Å². The number of nitrogens with zero attached hydrogens (tertiary/aromatic N) is 2. The van der Waals surface area contributed by atoms with E-state index in [2.05, 4.69) is 82.7 Å². The molecule has 198 valence electrons. The smallest absolute Gasteiger partial charge is 0.217 e. The number of hydrogen-bond donors (Lipinski definition) is 3. The largest absolute Gasteiger partial charge is 0.370 e. The molecule has 0 aliphatic carbocycles. The minimum atomic E-state index is -0.274. The first-order chi connectivity index (χ1) is 18.1. The summed E-state index contributed by atoms with van der Waals surface area (Å²) in [6, 6.07) is 6.64. The summed E-state index contributed by atoms with van der Waals surface area (Å²) in [7, 11) is 0. The molecule has 38 heavy (non-hydrogen) atoms. The number of amides is 1. The van der Waals surface area contributed by atoms with Crippen LogP contribution in [0.1, 0.15) is 103 Å². The molecule has 0 aromatic carbocycles. The molecule has 1 unspecified atom stereocenters. The second kappa shape index (κ2) is 9.90. The van der Waals surface area contributed by atoms with Crippen molar-refractivity contribution in [3.63, 3.8) is 0 Å². The Hall–Kier alpha value is -3.67. The van der Waals surface area contributed by atoms with Gasteiger partial charge < -0.3 is 15.7 Å². The number of aromatic nitrogens is 4. The monoisotopic (exact) mass is 509 g/mol. The first-order valence-corrected chi connectivity index (χ1v) is 13.8. The SMILES string of the molecule is CCc1c(C)c2cc3[nH]c(cc4nc(c(C)c5nc(cc1[nH]2)C(C)=C5)[C@@H](CCC(N)=O)C4C)c(C)c3CC. The Balaban J connectivity index is 1.92. The molecule has 0 fully saturated rings. The summed E-state index contributed by atoms with van der Waals surface area (Å²) in [6.07, 6.45) is 5.06. The van der Waals surface area contributed by atoms with Crippen molar-refractivity contribution < 1.29 is 4.79 Å². The van der Waals surface area contributed by atoms with Crippen LogP contribution in [0.3, 0.4) is 0 Å². The minimum Gasteiger partial charge on any atom is -0.370 e. The van der Waals surface area contributed by atoms with Gasteiger partial charge in [-0.2, -0.15) is 0 Å². The van der Waals surface area contributed by atoms with Gasteiger partial charge in [0.1, 0.15) is 0 Å². The van der Waals surface area contributed by atoms with Gasteiger partial charge in [-0.1, -0.05) is 20.8 Å². The molecule has 2 atom stereocenters. The van der Waals surface area contributed by atoms with Gasteiger partial charge in [0.25, 0.3) is 0 Å². The van der Waals surface area contributed by atoms with Crippen molar-refractivity contribution >= 4 is 39.6 Å². The molecule has 4 N–H and O–H groups in total. The number of H-pyrrole nitrogens is 2. The van der Waals surface area contributed by atoms with Crippen molar-refractivity contribution in [3.05, 3.63) is 68.8 Å². The summed E-state index contributed by atoms with van der Waals surface area (Å²) in [5.74, 6) is 0.00204. The molecule has 8 bridgehead atoms. The van der Waals surface area contributed by atoms with E-state index in [9.17, 15) is 4.79 Å². The van der Waals surface area contributed by atoms with E-state index in [4.69, 9.17) is 15.7 Å². The summed E-state index contributed by atoms with van der Waals surface area (Å²) >= 11 is 0. The average Bonchev–Trinajstić information content (AvgIpc) is 3.57. The molecular formula is C32H39N5O. The molecule has 3 aromatic heterocycles. The zero-order valence-corrected chi connectivity index (χ0v) is 23.7. The number of aryl methyl sites for hydroxylation is 4. The van der Waals surface area contributed by atoms with E-state index in [1.54, 1.807) is 0 Å². The molecule has 2 aliphatic heterocycles. The number of fused-ring (bicyclic) bond motifs is 8. The third-order valence-electron chi connectivity index (χ3n) is 8.61. The van der Waals surface area contributed by atoms with Gasteiger partial charge in [0, 0.05) is 51.7 Å². The van der Waals surface area contributed by atoms with E-state index >= 15 is 0 Å². The predicted octanol–water partition coefficient (Wildman–Crippen LogP) is 7.08. The molecule has 6 heteroatoms. The normalized spacial score (nSPS) is 17.1. The van der Waals surface area contributed by atoms with Crippen LogP contribution in [0.5, 0.6) is 0 Å². The third-order valence-corrected chi connectivity index (χ3v) is 8.61. The Morgan fingerprint density at radius 2 is 1.47 bits per heavy atom. The van der Waals surface area contributed by atoms with Crippen molar-refractivity contribution in [1.29, 1.82) is 0 Å². The Morgan fingerprint density at radius 1 is 0.868 bits per heavy atom. The molecule has 0 saturated heterocycles. The molecule has 2 aliphatic rings. The van der Waals surface area contributed by atoms with Crippen molar-refractivity contribution in [2.75, 3.05) is 0 Å². The summed E-state index contributed by atoms with van der Waals surface area (Å²) in [6.45, 7) is 15.2. The molecule has 5 rings (SSSR count). The fourth-order valence-corrected chi connectivity index (χ4v) is 6.21. The van der Waals surface area contributed by atoms with Crippen LogP contribution in [0, 0.1) is 20.8 Å². The second-order valence-electron chi connectivity index (χ2n) is 10.9. The number of nitrogens with one attached hydrogen (secondary N) is 2. The maximum Gasteiger partial charge on any atom is 0.217 e. The molecule has 1 amide bonds. The number of rotatable bonds is 5. The van der Waals surface area contributed by atoms with Gasteiger partial charge in [-0.15, -0.1) is 0 Å². The van der Waals surface area contributed by atoms with E-state index in [0.29, 0.717) is 12.8 Å². The van der Waals surface area contributed by atoms with E-state index in [-0.39, 0.29) is 17.7 Å². The minimum absolute atomic E-state index is 0.112. The van der Waals surface area contributed by atoms with Gasteiger partial charge in [-0.25, -0.2) is 4.98 Å². The Kier molecular flexibility index (Phi) is 6.76. The lowest BCUT2D eigenvalue weighted by molar-refractivity contribution is -0.118. The molecule has 0 radical (unpaired) electrons. The Labute approximate surface area is 224 Å². The molecular weight excluding hydrogens is 470 g/mol. The van der Waals surface area contributed by atoms with E-state index < -0.39 is 0 Å². The van der Waals surface area contributed by atoms with Crippen LogP contribution < -0.4 is 5.73 Å². The number of aromatic amines is 2. The number of carbonyl (C=O) groups is 1. The molecule has 0 saturated carbocycles. The van der Waals surface area contributed by atoms with Crippen molar-refractivity contribution in [1.82, 2.24) is 19.9 Å². The number of hydrogen-bond acceptors (Lipinski definition) is 3. The lowest BCUT2D eigenvalue weighted by Gasteiger charge is -2.16. The van der Waals surface area contributed by atoms with Crippen LogP contribution >= 0.6 is 0 Å². The van der Waals surface area contributed by atoms with Crippen LogP contribution in [0.25, 0.3) is 33.7 Å². The average molecular weight is 510 g/mol. The highest BCUT2D eigenvalue weighted by Gasteiger charge is 2.31. The summed E-state index contributed by atoms with van der Waals surface area (Å²) in [5.41, 5.74) is 21.4. The fourth-order valence-electron chi connectivity index (χ4n) is 6.21. The molecule has 5 heterocycles. The Bertz CT molecular complexity index is 1640. The van der Waals surface area contributed by atoms with Gasteiger partial charge in [-0.05, 0) is 105 Å². The highest BCUT2D eigenvalue weighted by molar-refractivity contribution is 5.85. The first kappa shape index (κ1) is 26.0. The maximum absolute atomic E-state index is 11.7. The molecule has 3 aromatic rings. The van der Waals surface area contributed by atoms with Gasteiger partial charge >= 0.3 is 0 Å². The molecule has 0 spiro atoms. The fraction of sp³-hybridized carbons (Fsp3) is 0.406.